The van der Waals surface area contributed by atoms with Crippen molar-refractivity contribution in [2.24, 2.45) is 0 Å². The van der Waals surface area contributed by atoms with Gasteiger partial charge < -0.3 is 4.98 Å². The van der Waals surface area contributed by atoms with E-state index < -0.39 is 10.0 Å². The summed E-state index contributed by atoms with van der Waals surface area (Å²) in [6, 6.07) is 15.2. The summed E-state index contributed by atoms with van der Waals surface area (Å²) in [4.78, 5) is 20.0. The lowest BCUT2D eigenvalue weighted by Crippen LogP contribution is -2.32. The molecule has 1 N–H and O–H groups in total. The van der Waals surface area contributed by atoms with E-state index in [9.17, 15) is 13.2 Å². The number of sulfonamides is 1. The SMILES string of the molecule is Cc1ccc2cc(CN(Cc3cccnc3)S(=O)(=O)c3ccc(Cl)cc3)c(=O)[nH]c2c1C. The van der Waals surface area contributed by atoms with E-state index >= 15 is 0 Å². The van der Waals surface area contributed by atoms with Gasteiger partial charge in [-0.25, -0.2) is 8.42 Å². The maximum absolute atomic E-state index is 13.5. The van der Waals surface area contributed by atoms with Crippen LogP contribution in [0.25, 0.3) is 10.9 Å². The molecule has 2 aromatic carbocycles. The summed E-state index contributed by atoms with van der Waals surface area (Å²) in [6.07, 6.45) is 3.24. The van der Waals surface area contributed by atoms with Crippen LogP contribution >= 0.6 is 11.6 Å². The topological polar surface area (TPSA) is 83.1 Å². The van der Waals surface area contributed by atoms with Crippen molar-refractivity contribution in [1.82, 2.24) is 14.3 Å². The van der Waals surface area contributed by atoms with E-state index in [-0.39, 0.29) is 23.5 Å². The predicted molar refractivity (Wildman–Crippen MR) is 126 cm³/mol. The third kappa shape index (κ3) is 4.46. The molecule has 2 aromatic heterocycles. The van der Waals surface area contributed by atoms with E-state index in [1.54, 1.807) is 30.6 Å². The number of rotatable bonds is 6. The second-order valence-electron chi connectivity index (χ2n) is 7.68. The number of hydrogen-bond donors (Lipinski definition) is 1. The molecule has 32 heavy (non-hydrogen) atoms. The Bertz CT molecular complexity index is 1430. The van der Waals surface area contributed by atoms with Crippen molar-refractivity contribution in [3.63, 3.8) is 0 Å². The maximum Gasteiger partial charge on any atom is 0.252 e. The largest absolute Gasteiger partial charge is 0.321 e. The molecule has 8 heteroatoms. The van der Waals surface area contributed by atoms with Gasteiger partial charge in [0.1, 0.15) is 0 Å². The van der Waals surface area contributed by atoms with Crippen molar-refractivity contribution in [1.29, 1.82) is 0 Å². The van der Waals surface area contributed by atoms with Crippen LogP contribution in [0.1, 0.15) is 22.3 Å². The number of hydrogen-bond acceptors (Lipinski definition) is 4. The summed E-state index contributed by atoms with van der Waals surface area (Å²) in [5.41, 5.74) is 3.60. The number of aromatic amines is 1. The molecular formula is C24H22ClN3O3S. The molecule has 4 aromatic rings. The normalized spacial score (nSPS) is 11.9. The number of halogens is 1. The van der Waals surface area contributed by atoms with Gasteiger partial charge in [0.25, 0.3) is 5.56 Å². The molecule has 6 nitrogen and oxygen atoms in total. The summed E-state index contributed by atoms with van der Waals surface area (Å²) < 4.78 is 28.2. The zero-order valence-electron chi connectivity index (χ0n) is 17.7. The minimum absolute atomic E-state index is 0.0726. The fourth-order valence-corrected chi connectivity index (χ4v) is 5.09. The first-order valence-electron chi connectivity index (χ1n) is 10.0. The molecule has 4 rings (SSSR count). The van der Waals surface area contributed by atoms with Gasteiger partial charge in [0.05, 0.1) is 10.4 Å². The zero-order chi connectivity index (χ0) is 22.9. The van der Waals surface area contributed by atoms with Crippen molar-refractivity contribution in [2.45, 2.75) is 31.8 Å². The number of aryl methyl sites for hydroxylation is 2. The predicted octanol–water partition coefficient (Wildman–Crippen LogP) is 4.58. The molecule has 0 atom stereocenters. The molecule has 0 saturated carbocycles. The summed E-state index contributed by atoms with van der Waals surface area (Å²) in [7, 11) is -3.91. The average molecular weight is 468 g/mol. The fraction of sp³-hybridized carbons (Fsp3) is 0.167. The van der Waals surface area contributed by atoms with Crippen LogP contribution in [0.3, 0.4) is 0 Å². The molecule has 2 heterocycles. The second kappa shape index (κ2) is 8.86. The molecule has 0 radical (unpaired) electrons. The van der Waals surface area contributed by atoms with Crippen molar-refractivity contribution in [3.05, 3.63) is 105 Å². The van der Waals surface area contributed by atoms with E-state index in [1.807, 2.05) is 26.0 Å². The average Bonchev–Trinajstić information content (AvgIpc) is 2.78. The minimum Gasteiger partial charge on any atom is -0.321 e. The lowest BCUT2D eigenvalue weighted by atomic mass is 10.0. The Balaban J connectivity index is 1.78. The van der Waals surface area contributed by atoms with Crippen LogP contribution in [-0.2, 0) is 23.1 Å². The monoisotopic (exact) mass is 467 g/mol. The third-order valence-electron chi connectivity index (χ3n) is 5.51. The molecule has 0 saturated heterocycles. The van der Waals surface area contributed by atoms with Crippen LogP contribution in [0.15, 0.2) is 76.7 Å². The molecule has 0 aliphatic heterocycles. The number of nitrogens with zero attached hydrogens (tertiary/aromatic N) is 2. The van der Waals surface area contributed by atoms with E-state index in [0.717, 1.165) is 22.0 Å². The molecule has 0 fully saturated rings. The number of pyridine rings is 2. The summed E-state index contributed by atoms with van der Waals surface area (Å²) >= 11 is 5.94. The summed E-state index contributed by atoms with van der Waals surface area (Å²) in [5.74, 6) is 0. The van der Waals surface area contributed by atoms with Crippen molar-refractivity contribution in [2.75, 3.05) is 0 Å². The van der Waals surface area contributed by atoms with Crippen molar-refractivity contribution >= 4 is 32.5 Å². The van der Waals surface area contributed by atoms with Gasteiger partial charge in [-0.15, -0.1) is 0 Å². The fourth-order valence-electron chi connectivity index (χ4n) is 3.55. The Kier molecular flexibility index (Phi) is 6.15. The molecule has 0 bridgehead atoms. The highest BCUT2D eigenvalue weighted by Gasteiger charge is 2.26. The Morgan fingerprint density at radius 2 is 1.78 bits per heavy atom. The van der Waals surface area contributed by atoms with Crippen LogP contribution in [0.4, 0.5) is 0 Å². The molecule has 0 aliphatic rings. The van der Waals surface area contributed by atoms with E-state index in [2.05, 4.69) is 9.97 Å². The van der Waals surface area contributed by atoms with Crippen molar-refractivity contribution < 1.29 is 8.42 Å². The van der Waals surface area contributed by atoms with Gasteiger partial charge in [-0.3, -0.25) is 9.78 Å². The van der Waals surface area contributed by atoms with Gasteiger partial charge in [0, 0.05) is 36.1 Å². The molecule has 164 valence electrons. The van der Waals surface area contributed by atoms with Gasteiger partial charge in [-0.05, 0) is 72.3 Å². The van der Waals surface area contributed by atoms with Gasteiger partial charge in [-0.2, -0.15) is 4.31 Å². The van der Waals surface area contributed by atoms with Gasteiger partial charge in [0.2, 0.25) is 10.0 Å². The Morgan fingerprint density at radius 1 is 1.03 bits per heavy atom. The van der Waals surface area contributed by atoms with Crippen LogP contribution in [0.2, 0.25) is 5.02 Å². The number of H-pyrrole nitrogens is 1. The smallest absolute Gasteiger partial charge is 0.252 e. The standard InChI is InChI=1S/C24H22ClN3O3S/c1-16-5-6-19-12-20(24(29)27-23(19)17(16)2)15-28(14-18-4-3-11-26-13-18)32(30,31)22-9-7-21(25)8-10-22/h3-13H,14-15H2,1-2H3,(H,27,29). The summed E-state index contributed by atoms with van der Waals surface area (Å²) in [5, 5.41) is 1.30. The highest BCUT2D eigenvalue weighted by Crippen LogP contribution is 2.24. The number of aromatic nitrogens is 2. The molecular weight excluding hydrogens is 446 g/mol. The lowest BCUT2D eigenvalue weighted by molar-refractivity contribution is 0.399. The van der Waals surface area contributed by atoms with Crippen LogP contribution in [0.5, 0.6) is 0 Å². The quantitative estimate of drug-likeness (QED) is 0.449. The van der Waals surface area contributed by atoms with Gasteiger partial charge >= 0.3 is 0 Å². The molecule has 0 unspecified atom stereocenters. The Labute approximate surface area is 191 Å². The molecule has 0 spiro atoms. The first kappa shape index (κ1) is 22.2. The second-order valence-corrected chi connectivity index (χ2v) is 10.1. The van der Waals surface area contributed by atoms with E-state index in [4.69, 9.17) is 11.6 Å². The number of fused-ring (bicyclic) bond motifs is 1. The van der Waals surface area contributed by atoms with Gasteiger partial charge in [0.15, 0.2) is 0 Å². The summed E-state index contributed by atoms with van der Waals surface area (Å²) in [6.45, 7) is 3.92. The Morgan fingerprint density at radius 3 is 2.47 bits per heavy atom. The highest BCUT2D eigenvalue weighted by molar-refractivity contribution is 7.89. The third-order valence-corrected chi connectivity index (χ3v) is 7.57. The molecule has 0 amide bonds. The molecule has 0 aliphatic carbocycles. The maximum atomic E-state index is 13.5. The van der Waals surface area contributed by atoms with Crippen LogP contribution in [-0.4, -0.2) is 22.7 Å². The van der Waals surface area contributed by atoms with E-state index in [0.29, 0.717) is 16.1 Å². The zero-order valence-corrected chi connectivity index (χ0v) is 19.2. The van der Waals surface area contributed by atoms with Crippen molar-refractivity contribution in [3.8, 4) is 0 Å². The minimum atomic E-state index is -3.91. The van der Waals surface area contributed by atoms with Crippen LogP contribution in [0, 0.1) is 13.8 Å². The van der Waals surface area contributed by atoms with E-state index in [1.165, 1.54) is 28.6 Å². The number of nitrogens with one attached hydrogen (secondary N) is 1. The lowest BCUT2D eigenvalue weighted by Gasteiger charge is -2.22. The number of benzene rings is 2. The van der Waals surface area contributed by atoms with Gasteiger partial charge in [-0.1, -0.05) is 29.8 Å². The first-order valence-corrected chi connectivity index (χ1v) is 11.8. The Hall–Kier alpha value is -3.00. The first-order chi connectivity index (χ1) is 15.3. The highest BCUT2D eigenvalue weighted by atomic mass is 35.5. The van der Waals surface area contributed by atoms with Crippen LogP contribution < -0.4 is 5.56 Å².